The maximum atomic E-state index is 12.3. The molecule has 0 aromatic heterocycles. The minimum absolute atomic E-state index is 0.176. The molecule has 0 saturated carbocycles. The van der Waals surface area contributed by atoms with Gasteiger partial charge in [0.1, 0.15) is 12.5 Å². The van der Waals surface area contributed by atoms with Crippen LogP contribution < -0.4 is 10.6 Å². The van der Waals surface area contributed by atoms with Gasteiger partial charge < -0.3 is 15.4 Å². The third kappa shape index (κ3) is 3.68. The molecule has 2 N–H and O–H groups in total. The number of carbonyl (C=O) groups is 2. The van der Waals surface area contributed by atoms with Crippen LogP contribution in [0, 0.1) is 5.92 Å². The standard InChI is InChI=1S/C16H17ClN2O3/c1-3-4-8-22-15(20)13-10(2)18-16(21)19-14(13)11-6-5-7-12(17)9-11/h3-7,9,13-14H,2,8H2,1H3,(H2,18,19,21)/b4-3-/t13-,14+/m1/s1. The summed E-state index contributed by atoms with van der Waals surface area (Å²) in [5, 5.41) is 5.77. The summed E-state index contributed by atoms with van der Waals surface area (Å²) in [6, 6.07) is 6.00. The van der Waals surface area contributed by atoms with Crippen LogP contribution in [0.25, 0.3) is 0 Å². The summed E-state index contributed by atoms with van der Waals surface area (Å²) in [7, 11) is 0. The minimum Gasteiger partial charge on any atom is -0.461 e. The Balaban J connectivity index is 2.27. The average molecular weight is 321 g/mol. The monoisotopic (exact) mass is 320 g/mol. The summed E-state index contributed by atoms with van der Waals surface area (Å²) >= 11 is 5.99. The van der Waals surface area contributed by atoms with Crippen molar-refractivity contribution in [3.8, 4) is 0 Å². The lowest BCUT2D eigenvalue weighted by Gasteiger charge is -2.33. The molecule has 116 valence electrons. The lowest BCUT2D eigenvalue weighted by atomic mass is 9.89. The van der Waals surface area contributed by atoms with Gasteiger partial charge in [-0.15, -0.1) is 0 Å². The number of allylic oxidation sites excluding steroid dienone is 1. The van der Waals surface area contributed by atoms with Crippen molar-refractivity contribution in [2.24, 2.45) is 5.92 Å². The summed E-state index contributed by atoms with van der Waals surface area (Å²) in [5.74, 6) is -1.18. The number of rotatable bonds is 4. The molecule has 1 aromatic carbocycles. The second-order valence-electron chi connectivity index (χ2n) is 4.83. The Morgan fingerprint density at radius 3 is 2.95 bits per heavy atom. The van der Waals surface area contributed by atoms with Gasteiger partial charge in [0.05, 0.1) is 6.04 Å². The van der Waals surface area contributed by atoms with E-state index < -0.39 is 24.0 Å². The molecule has 6 heteroatoms. The van der Waals surface area contributed by atoms with E-state index in [1.165, 1.54) is 0 Å². The first-order valence-electron chi connectivity index (χ1n) is 6.82. The van der Waals surface area contributed by atoms with Gasteiger partial charge in [-0.1, -0.05) is 42.5 Å². The first kappa shape index (κ1) is 16.1. The number of nitrogens with one attached hydrogen (secondary N) is 2. The SMILES string of the molecule is C=C1NC(=O)N[C@@H](c2cccc(Cl)c2)[C@@H]1C(=O)OC/C=C\C. The fourth-order valence-electron chi connectivity index (χ4n) is 2.26. The first-order valence-corrected chi connectivity index (χ1v) is 7.20. The highest BCUT2D eigenvalue weighted by atomic mass is 35.5. The molecule has 5 nitrogen and oxygen atoms in total. The summed E-state index contributed by atoms with van der Waals surface area (Å²) in [6.07, 6.45) is 3.52. The van der Waals surface area contributed by atoms with Crippen LogP contribution in [0.5, 0.6) is 0 Å². The van der Waals surface area contributed by atoms with E-state index in [-0.39, 0.29) is 6.61 Å². The number of halogens is 1. The molecule has 2 rings (SSSR count). The van der Waals surface area contributed by atoms with Gasteiger partial charge in [0, 0.05) is 10.7 Å². The van der Waals surface area contributed by atoms with E-state index in [4.69, 9.17) is 16.3 Å². The third-order valence-corrected chi connectivity index (χ3v) is 3.52. The van der Waals surface area contributed by atoms with Crippen molar-refractivity contribution >= 4 is 23.6 Å². The maximum absolute atomic E-state index is 12.3. The Labute approximate surface area is 134 Å². The van der Waals surface area contributed by atoms with E-state index in [1.807, 2.05) is 6.92 Å². The number of hydrogen-bond donors (Lipinski definition) is 2. The predicted molar refractivity (Wildman–Crippen MR) is 84.3 cm³/mol. The smallest absolute Gasteiger partial charge is 0.319 e. The number of carbonyl (C=O) groups excluding carboxylic acids is 2. The summed E-state index contributed by atoms with van der Waals surface area (Å²) in [6.45, 7) is 5.78. The van der Waals surface area contributed by atoms with Crippen LogP contribution in [-0.4, -0.2) is 18.6 Å². The normalized spacial score (nSPS) is 21.4. The van der Waals surface area contributed by atoms with E-state index in [1.54, 1.807) is 36.4 Å². The Kier molecular flexibility index (Phi) is 5.22. The van der Waals surface area contributed by atoms with Crippen LogP contribution in [-0.2, 0) is 9.53 Å². The molecule has 0 radical (unpaired) electrons. The lowest BCUT2D eigenvalue weighted by Crippen LogP contribution is -2.51. The van der Waals surface area contributed by atoms with Crippen LogP contribution in [0.2, 0.25) is 5.02 Å². The summed E-state index contributed by atoms with van der Waals surface area (Å²) < 4.78 is 5.20. The minimum atomic E-state index is -0.721. The van der Waals surface area contributed by atoms with Gasteiger partial charge in [-0.2, -0.15) is 0 Å². The van der Waals surface area contributed by atoms with Crippen molar-refractivity contribution in [1.82, 2.24) is 10.6 Å². The second-order valence-corrected chi connectivity index (χ2v) is 5.27. The van der Waals surface area contributed by atoms with Gasteiger partial charge >= 0.3 is 12.0 Å². The van der Waals surface area contributed by atoms with Crippen molar-refractivity contribution in [3.63, 3.8) is 0 Å². The van der Waals surface area contributed by atoms with Crippen LogP contribution in [0.4, 0.5) is 4.79 Å². The number of urea groups is 1. The van der Waals surface area contributed by atoms with Gasteiger partial charge in [0.2, 0.25) is 0 Å². The summed E-state index contributed by atoms with van der Waals surface area (Å²) in [5.41, 5.74) is 1.02. The Morgan fingerprint density at radius 1 is 1.50 bits per heavy atom. The van der Waals surface area contributed by atoms with E-state index in [9.17, 15) is 9.59 Å². The molecule has 1 aliphatic rings. The molecular formula is C16H17ClN2O3. The molecule has 1 heterocycles. The molecule has 22 heavy (non-hydrogen) atoms. The maximum Gasteiger partial charge on any atom is 0.319 e. The number of ether oxygens (including phenoxy) is 1. The van der Waals surface area contributed by atoms with E-state index in [0.717, 1.165) is 5.56 Å². The van der Waals surface area contributed by atoms with Gasteiger partial charge in [-0.3, -0.25) is 4.79 Å². The zero-order valence-corrected chi connectivity index (χ0v) is 12.9. The summed E-state index contributed by atoms with van der Waals surface area (Å²) in [4.78, 5) is 24.0. The molecule has 2 atom stereocenters. The molecule has 2 amide bonds. The van der Waals surface area contributed by atoms with Gasteiger partial charge in [0.15, 0.2) is 0 Å². The highest BCUT2D eigenvalue weighted by Gasteiger charge is 2.38. The Morgan fingerprint density at radius 2 is 2.27 bits per heavy atom. The van der Waals surface area contributed by atoms with Crippen molar-refractivity contribution in [1.29, 1.82) is 0 Å². The van der Waals surface area contributed by atoms with Gasteiger partial charge in [-0.05, 0) is 24.6 Å². The number of hydrogen-bond acceptors (Lipinski definition) is 3. The fraction of sp³-hybridized carbons (Fsp3) is 0.250. The van der Waals surface area contributed by atoms with Crippen molar-refractivity contribution in [2.75, 3.05) is 6.61 Å². The highest BCUT2D eigenvalue weighted by Crippen LogP contribution is 2.31. The predicted octanol–water partition coefficient (Wildman–Crippen LogP) is 2.94. The Hall–Kier alpha value is -2.27. The van der Waals surface area contributed by atoms with Crippen LogP contribution in [0.3, 0.4) is 0 Å². The largest absolute Gasteiger partial charge is 0.461 e. The third-order valence-electron chi connectivity index (χ3n) is 3.29. The Bertz CT molecular complexity index is 628. The molecule has 1 saturated heterocycles. The second kappa shape index (κ2) is 7.13. The van der Waals surface area contributed by atoms with Crippen molar-refractivity contribution in [3.05, 3.63) is 59.3 Å². The lowest BCUT2D eigenvalue weighted by molar-refractivity contribution is -0.147. The molecule has 1 aromatic rings. The zero-order chi connectivity index (χ0) is 16.1. The van der Waals surface area contributed by atoms with Crippen LogP contribution in [0.1, 0.15) is 18.5 Å². The number of benzene rings is 1. The quantitative estimate of drug-likeness (QED) is 0.662. The molecule has 1 aliphatic heterocycles. The highest BCUT2D eigenvalue weighted by molar-refractivity contribution is 6.30. The molecular weight excluding hydrogens is 304 g/mol. The van der Waals surface area contributed by atoms with E-state index >= 15 is 0 Å². The molecule has 0 aliphatic carbocycles. The van der Waals surface area contributed by atoms with Crippen molar-refractivity contribution in [2.45, 2.75) is 13.0 Å². The topological polar surface area (TPSA) is 67.4 Å². The average Bonchev–Trinajstić information content (AvgIpc) is 2.46. The molecule has 0 unspecified atom stereocenters. The van der Waals surface area contributed by atoms with Crippen LogP contribution in [0.15, 0.2) is 48.7 Å². The zero-order valence-electron chi connectivity index (χ0n) is 12.1. The number of amides is 2. The van der Waals surface area contributed by atoms with Gasteiger partial charge in [-0.25, -0.2) is 4.79 Å². The van der Waals surface area contributed by atoms with E-state index in [0.29, 0.717) is 10.7 Å². The molecule has 1 fully saturated rings. The van der Waals surface area contributed by atoms with E-state index in [2.05, 4.69) is 17.2 Å². The van der Waals surface area contributed by atoms with Crippen LogP contribution >= 0.6 is 11.6 Å². The fourth-order valence-corrected chi connectivity index (χ4v) is 2.45. The number of esters is 1. The molecule has 0 bridgehead atoms. The van der Waals surface area contributed by atoms with Crippen molar-refractivity contribution < 1.29 is 14.3 Å². The van der Waals surface area contributed by atoms with Gasteiger partial charge in [0.25, 0.3) is 0 Å². The molecule has 0 spiro atoms. The first-order chi connectivity index (χ1) is 10.5.